The fraction of sp³-hybridized carbons (Fsp3) is 0. The van der Waals surface area contributed by atoms with Gasteiger partial charge in [-0.15, -0.1) is 0 Å². The maximum Gasteiger partial charge on any atom is 0.237 e. The summed E-state index contributed by atoms with van der Waals surface area (Å²) in [5, 5.41) is 14.2. The van der Waals surface area contributed by atoms with Crippen molar-refractivity contribution >= 4 is 116 Å². The summed E-state index contributed by atoms with van der Waals surface area (Å²) in [5.74, 6) is 2.74. The molecule has 9 heteroatoms. The molecule has 89 heavy (non-hydrogen) atoms. The van der Waals surface area contributed by atoms with Crippen molar-refractivity contribution in [2.75, 3.05) is 0 Å². The topological polar surface area (TPSA) is 71.3 Å². The van der Waals surface area contributed by atoms with Crippen LogP contribution in [0.2, 0.25) is 0 Å². The monoisotopic (exact) mass is 1150 g/mol. The average Bonchev–Trinajstić information content (AvgIpc) is 1.86. The van der Waals surface area contributed by atoms with Crippen LogP contribution in [0.3, 0.4) is 0 Å². The summed E-state index contributed by atoms with van der Waals surface area (Å²) in [4.78, 5) is 22.6. The number of aromatic nitrogens is 8. The summed E-state index contributed by atoms with van der Waals surface area (Å²) >= 11 is 0. The Morgan fingerprint density at radius 2 is 0.449 bits per heavy atom. The summed E-state index contributed by atoms with van der Waals surface area (Å²) in [6, 6.07) is 114. The minimum atomic E-state index is -3.29. The van der Waals surface area contributed by atoms with E-state index in [1.165, 1.54) is 42.3 Å². The number of nitrogens with zero attached hydrogens (tertiary/aromatic N) is 8. The van der Waals surface area contributed by atoms with Gasteiger partial charge < -0.3 is 0 Å². The third-order valence-electron chi connectivity index (χ3n) is 18.2. The third-order valence-corrected chi connectivity index (χ3v) is 22.9. The Bertz CT molecular complexity index is 5000. The largest absolute Gasteiger partial charge is 0.294 e. The molecule has 12 aromatic carbocycles. The number of benzene rings is 12. The molecule has 0 amide bonds. The summed E-state index contributed by atoms with van der Waals surface area (Å²) in [6.45, 7) is 0. The first kappa shape index (κ1) is 50.5. The standard InChI is InChI=1S/C80H52N8Si/c1-3-27-55(28-4-1)89(56-29-5-2-6-30-56,57-31-23-25-53(49-57)67-51-77(85-69-41-15-7-33-59(69)60-34-8-16-42-70(60)85)83-79(81-67)87-73-45-19-11-37-63(73)64-38-12-20-46-74(64)87)58-32-24-26-54(50-58)68-52-78(86-71-43-17-9-35-61(71)62-36-10-18-44-72(62)86)84-80(82-68)88-75-47-21-13-39-65(75)66-40-14-22-48-76(66)88/h1-52H. The van der Waals surface area contributed by atoms with E-state index in [0.717, 1.165) is 99.8 Å². The van der Waals surface area contributed by atoms with Crippen LogP contribution in [0.25, 0.3) is 133 Å². The Morgan fingerprint density at radius 1 is 0.202 bits per heavy atom. The van der Waals surface area contributed by atoms with Gasteiger partial charge in [0.15, 0.2) is 8.07 Å². The molecule has 416 valence electrons. The van der Waals surface area contributed by atoms with Crippen LogP contribution in [-0.2, 0) is 0 Å². The lowest BCUT2D eigenvalue weighted by Gasteiger charge is -2.35. The van der Waals surface area contributed by atoms with Crippen LogP contribution >= 0.6 is 0 Å². The molecule has 18 rings (SSSR count). The fourth-order valence-electron chi connectivity index (χ4n) is 14.4. The van der Waals surface area contributed by atoms with Crippen LogP contribution in [0.15, 0.2) is 315 Å². The van der Waals surface area contributed by atoms with Crippen molar-refractivity contribution in [3.63, 3.8) is 0 Å². The second-order valence-electron chi connectivity index (χ2n) is 22.9. The smallest absolute Gasteiger partial charge is 0.237 e. The molecule has 0 aliphatic carbocycles. The molecule has 0 spiro atoms. The molecule has 0 fully saturated rings. The first-order valence-corrected chi connectivity index (χ1v) is 32.2. The van der Waals surface area contributed by atoms with Crippen LogP contribution in [-0.4, -0.2) is 46.3 Å². The Hall–Kier alpha value is -11.8. The molecule has 0 N–H and O–H groups in total. The van der Waals surface area contributed by atoms with Crippen molar-refractivity contribution in [1.82, 2.24) is 38.2 Å². The number of para-hydroxylation sites is 8. The lowest BCUT2D eigenvalue weighted by molar-refractivity contribution is 0.951. The van der Waals surface area contributed by atoms with Gasteiger partial charge in [0, 0.05) is 66.3 Å². The summed E-state index contributed by atoms with van der Waals surface area (Å²) in [5.41, 5.74) is 12.1. The van der Waals surface area contributed by atoms with Gasteiger partial charge in [-0.3, -0.25) is 18.3 Å². The third kappa shape index (κ3) is 7.79. The minimum absolute atomic E-state index is 0.592. The number of rotatable bonds is 10. The van der Waals surface area contributed by atoms with Crippen LogP contribution in [0.4, 0.5) is 0 Å². The van der Waals surface area contributed by atoms with Crippen molar-refractivity contribution in [3.05, 3.63) is 315 Å². The van der Waals surface area contributed by atoms with Crippen molar-refractivity contribution in [3.8, 4) is 46.0 Å². The Balaban J connectivity index is 0.885. The normalized spacial score (nSPS) is 12.0. The molecule has 0 unspecified atom stereocenters. The Kier molecular flexibility index (Phi) is 11.5. The Morgan fingerprint density at radius 3 is 0.742 bits per heavy atom. The van der Waals surface area contributed by atoms with Crippen molar-refractivity contribution in [1.29, 1.82) is 0 Å². The molecule has 0 aliphatic heterocycles. The molecule has 0 aliphatic rings. The molecule has 0 saturated heterocycles. The van der Waals surface area contributed by atoms with Gasteiger partial charge in [-0.25, -0.2) is 9.97 Å². The molecule has 18 aromatic rings. The van der Waals surface area contributed by atoms with Gasteiger partial charge in [0.2, 0.25) is 11.9 Å². The van der Waals surface area contributed by atoms with Gasteiger partial charge in [-0.1, -0.05) is 255 Å². The zero-order chi connectivity index (χ0) is 58.6. The molecule has 0 radical (unpaired) electrons. The van der Waals surface area contributed by atoms with E-state index in [9.17, 15) is 0 Å². The lowest BCUT2D eigenvalue weighted by atomic mass is 10.1. The zero-order valence-corrected chi connectivity index (χ0v) is 49.1. The number of hydrogen-bond donors (Lipinski definition) is 0. The zero-order valence-electron chi connectivity index (χ0n) is 48.1. The van der Waals surface area contributed by atoms with Crippen LogP contribution in [0, 0.1) is 0 Å². The lowest BCUT2D eigenvalue weighted by Crippen LogP contribution is -2.74. The highest BCUT2D eigenvalue weighted by molar-refractivity contribution is 7.20. The summed E-state index contributed by atoms with van der Waals surface area (Å²) in [7, 11) is -3.29. The predicted molar refractivity (Wildman–Crippen MR) is 369 cm³/mol. The van der Waals surface area contributed by atoms with E-state index in [0.29, 0.717) is 11.9 Å². The molecule has 0 saturated carbocycles. The summed E-state index contributed by atoms with van der Waals surface area (Å²) in [6.07, 6.45) is 0. The van der Waals surface area contributed by atoms with Crippen molar-refractivity contribution in [2.45, 2.75) is 0 Å². The highest BCUT2D eigenvalue weighted by Crippen LogP contribution is 2.38. The van der Waals surface area contributed by atoms with Gasteiger partial charge in [0.1, 0.15) is 11.6 Å². The van der Waals surface area contributed by atoms with E-state index in [-0.39, 0.29) is 0 Å². The SMILES string of the molecule is c1ccc([Si](c2ccccc2)(c2cccc(-c3cc(-n4c5ccccc5c5ccccc54)nc(-n4c5ccccc5c5ccccc54)n3)c2)c2cccc(-c3cc(-n4c5ccccc5c5ccccc54)nc(-n4c5ccccc5c5ccccc54)n3)c2)cc1. The predicted octanol–water partition coefficient (Wildman–Crippen LogP) is 16.4. The minimum Gasteiger partial charge on any atom is -0.294 e. The Labute approximate surface area is 512 Å². The highest BCUT2D eigenvalue weighted by Gasteiger charge is 2.42. The van der Waals surface area contributed by atoms with Gasteiger partial charge >= 0.3 is 0 Å². The van der Waals surface area contributed by atoms with E-state index in [1.54, 1.807) is 0 Å². The molecule has 6 heterocycles. The number of hydrogen-bond acceptors (Lipinski definition) is 4. The van der Waals surface area contributed by atoms with Gasteiger partial charge in [-0.05, 0) is 69.3 Å². The van der Waals surface area contributed by atoms with E-state index < -0.39 is 8.07 Å². The first-order valence-electron chi connectivity index (χ1n) is 30.2. The van der Waals surface area contributed by atoms with Gasteiger partial charge in [-0.2, -0.15) is 9.97 Å². The van der Waals surface area contributed by atoms with Crippen LogP contribution in [0.5, 0.6) is 0 Å². The second-order valence-corrected chi connectivity index (χ2v) is 26.8. The van der Waals surface area contributed by atoms with E-state index >= 15 is 0 Å². The average molecular weight is 1150 g/mol. The molecule has 0 bridgehead atoms. The van der Waals surface area contributed by atoms with Crippen molar-refractivity contribution < 1.29 is 0 Å². The van der Waals surface area contributed by atoms with Gasteiger partial charge in [0.05, 0.1) is 55.5 Å². The second kappa shape index (κ2) is 20.2. The molecular formula is C80H52N8Si. The maximum atomic E-state index is 5.68. The van der Waals surface area contributed by atoms with Gasteiger partial charge in [0.25, 0.3) is 0 Å². The molecule has 0 atom stereocenters. The first-order chi connectivity index (χ1) is 44.2. The quantitative estimate of drug-likeness (QED) is 0.101. The van der Waals surface area contributed by atoms with E-state index in [2.05, 4.69) is 334 Å². The van der Waals surface area contributed by atoms with E-state index in [1.807, 2.05) is 0 Å². The van der Waals surface area contributed by atoms with Crippen LogP contribution < -0.4 is 20.7 Å². The van der Waals surface area contributed by atoms with E-state index in [4.69, 9.17) is 19.9 Å². The molecule has 6 aromatic heterocycles. The maximum absolute atomic E-state index is 5.68. The number of fused-ring (bicyclic) bond motifs is 12. The van der Waals surface area contributed by atoms with Crippen LogP contribution in [0.1, 0.15) is 0 Å². The van der Waals surface area contributed by atoms with Crippen molar-refractivity contribution in [2.24, 2.45) is 0 Å². The fourth-order valence-corrected chi connectivity index (χ4v) is 19.2. The molecule has 8 nitrogen and oxygen atoms in total. The summed E-state index contributed by atoms with van der Waals surface area (Å²) < 4.78 is 9.09. The molecular weight excluding hydrogens is 1100 g/mol. The highest BCUT2D eigenvalue weighted by atomic mass is 28.3.